The van der Waals surface area contributed by atoms with Crippen LogP contribution in [0.4, 0.5) is 0 Å². The van der Waals surface area contributed by atoms with Crippen LogP contribution in [0.3, 0.4) is 0 Å². The first-order valence-electron chi connectivity index (χ1n) is 4.62. The van der Waals surface area contributed by atoms with E-state index in [2.05, 4.69) is 18.5 Å². The topological polar surface area (TPSA) is 21.3 Å². The summed E-state index contributed by atoms with van der Waals surface area (Å²) in [5.74, 6) is 1.25. The molecule has 0 rings (SSSR count). The van der Waals surface area contributed by atoms with E-state index in [-0.39, 0.29) is 0 Å². The maximum atomic E-state index is 5.38. The Kier molecular flexibility index (Phi) is 9.57. The summed E-state index contributed by atoms with van der Waals surface area (Å²) in [6, 6.07) is 0. The summed E-state index contributed by atoms with van der Waals surface area (Å²) in [6.07, 6.45) is 3.74. The van der Waals surface area contributed by atoms with Gasteiger partial charge in [-0.05, 0) is 38.8 Å². The lowest BCUT2D eigenvalue weighted by atomic mass is 10.4. The predicted octanol–water partition coefficient (Wildman–Crippen LogP) is 1.75. The van der Waals surface area contributed by atoms with Crippen LogP contribution >= 0.6 is 11.8 Å². The lowest BCUT2D eigenvalue weighted by Crippen LogP contribution is -2.27. The molecule has 2 nitrogen and oxygen atoms in total. The Morgan fingerprint density at radius 3 is 2.83 bits per heavy atom. The second kappa shape index (κ2) is 9.36. The molecular formula is C9H21NOS. The monoisotopic (exact) mass is 191 g/mol. The molecule has 0 bridgehead atoms. The molecule has 74 valence electrons. The largest absolute Gasteiger partial charge is 0.377 e. The van der Waals surface area contributed by atoms with Crippen molar-refractivity contribution < 1.29 is 4.74 Å². The van der Waals surface area contributed by atoms with Crippen molar-refractivity contribution in [2.75, 3.05) is 31.7 Å². The highest BCUT2D eigenvalue weighted by Gasteiger charge is 1.98. The van der Waals surface area contributed by atoms with E-state index in [0.717, 1.165) is 19.7 Å². The van der Waals surface area contributed by atoms with Gasteiger partial charge in [0.15, 0.2) is 0 Å². The number of thioether (sulfide) groups is 1. The molecule has 12 heavy (non-hydrogen) atoms. The summed E-state index contributed by atoms with van der Waals surface area (Å²) in [7, 11) is 0. The maximum absolute atomic E-state index is 5.38. The van der Waals surface area contributed by atoms with Crippen LogP contribution in [0.2, 0.25) is 0 Å². The minimum Gasteiger partial charge on any atom is -0.377 e. The highest BCUT2D eigenvalue weighted by Crippen LogP contribution is 1.93. The van der Waals surface area contributed by atoms with Gasteiger partial charge in [-0.2, -0.15) is 11.8 Å². The third kappa shape index (κ3) is 8.37. The van der Waals surface area contributed by atoms with Crippen LogP contribution in [-0.4, -0.2) is 37.8 Å². The summed E-state index contributed by atoms with van der Waals surface area (Å²) in [5.41, 5.74) is 0. The third-order valence-corrected chi connectivity index (χ3v) is 2.28. The molecule has 0 heterocycles. The van der Waals surface area contributed by atoms with E-state index in [9.17, 15) is 0 Å². The molecule has 0 aliphatic rings. The van der Waals surface area contributed by atoms with E-state index < -0.39 is 0 Å². The average Bonchev–Trinajstić information content (AvgIpc) is 2.05. The molecule has 3 heteroatoms. The van der Waals surface area contributed by atoms with Crippen molar-refractivity contribution in [1.82, 2.24) is 5.32 Å². The summed E-state index contributed by atoms with van der Waals surface area (Å²) >= 11 is 1.90. The maximum Gasteiger partial charge on any atom is 0.0671 e. The van der Waals surface area contributed by atoms with E-state index in [1.807, 2.05) is 18.7 Å². The normalized spacial score (nSPS) is 13.2. The van der Waals surface area contributed by atoms with Crippen LogP contribution in [0.1, 0.15) is 20.3 Å². The van der Waals surface area contributed by atoms with Crippen molar-refractivity contribution in [2.24, 2.45) is 0 Å². The standard InChI is InChI=1S/C9H21NOS/c1-4-11-9(2)8-10-6-5-7-12-3/h9-10H,4-8H2,1-3H3. The van der Waals surface area contributed by atoms with Crippen molar-refractivity contribution in [1.29, 1.82) is 0 Å². The van der Waals surface area contributed by atoms with Gasteiger partial charge in [0.1, 0.15) is 0 Å². The molecular weight excluding hydrogens is 170 g/mol. The smallest absolute Gasteiger partial charge is 0.0671 e. The second-order valence-electron chi connectivity index (χ2n) is 2.82. The SMILES string of the molecule is CCOC(C)CNCCCSC. The average molecular weight is 191 g/mol. The lowest BCUT2D eigenvalue weighted by Gasteiger charge is -2.11. The van der Waals surface area contributed by atoms with Gasteiger partial charge in [-0.3, -0.25) is 0 Å². The van der Waals surface area contributed by atoms with E-state index in [1.165, 1.54) is 12.2 Å². The zero-order valence-corrected chi connectivity index (χ0v) is 9.25. The molecule has 0 aliphatic carbocycles. The Morgan fingerprint density at radius 2 is 2.25 bits per heavy atom. The molecule has 1 atom stereocenters. The Labute approximate surface area is 80.4 Å². The van der Waals surface area contributed by atoms with Crippen LogP contribution in [0, 0.1) is 0 Å². The van der Waals surface area contributed by atoms with Gasteiger partial charge >= 0.3 is 0 Å². The minimum atomic E-state index is 0.351. The third-order valence-electron chi connectivity index (χ3n) is 1.58. The van der Waals surface area contributed by atoms with Gasteiger partial charge in [0.25, 0.3) is 0 Å². The predicted molar refractivity (Wildman–Crippen MR) is 57.0 cm³/mol. The second-order valence-corrected chi connectivity index (χ2v) is 3.80. The molecule has 0 saturated heterocycles. The van der Waals surface area contributed by atoms with Crippen molar-refractivity contribution in [3.05, 3.63) is 0 Å². The molecule has 0 aliphatic heterocycles. The number of rotatable bonds is 8. The Hall–Kier alpha value is 0.270. The van der Waals surface area contributed by atoms with Crippen LogP contribution in [0.25, 0.3) is 0 Å². The van der Waals surface area contributed by atoms with Crippen molar-refractivity contribution in [3.63, 3.8) is 0 Å². The number of ether oxygens (including phenoxy) is 1. The summed E-state index contributed by atoms with van der Waals surface area (Å²) in [4.78, 5) is 0. The molecule has 0 spiro atoms. The highest BCUT2D eigenvalue weighted by atomic mass is 32.2. The van der Waals surface area contributed by atoms with Gasteiger partial charge in [0, 0.05) is 13.2 Å². The van der Waals surface area contributed by atoms with Crippen molar-refractivity contribution in [2.45, 2.75) is 26.4 Å². The van der Waals surface area contributed by atoms with Crippen LogP contribution in [0.15, 0.2) is 0 Å². The molecule has 1 unspecified atom stereocenters. The van der Waals surface area contributed by atoms with Crippen molar-refractivity contribution >= 4 is 11.8 Å². The highest BCUT2D eigenvalue weighted by molar-refractivity contribution is 7.98. The Balaban J connectivity index is 2.97. The van der Waals surface area contributed by atoms with Crippen LogP contribution in [0.5, 0.6) is 0 Å². The quantitative estimate of drug-likeness (QED) is 0.591. The summed E-state index contributed by atoms with van der Waals surface area (Å²) in [6.45, 7) is 7.03. The Bertz CT molecular complexity index is 90.6. The summed E-state index contributed by atoms with van der Waals surface area (Å²) in [5, 5.41) is 3.37. The van der Waals surface area contributed by atoms with E-state index in [0.29, 0.717) is 6.10 Å². The van der Waals surface area contributed by atoms with Crippen LogP contribution in [-0.2, 0) is 4.74 Å². The zero-order chi connectivity index (χ0) is 9.23. The van der Waals surface area contributed by atoms with E-state index >= 15 is 0 Å². The molecule has 0 aromatic rings. The fraction of sp³-hybridized carbons (Fsp3) is 1.00. The number of hydrogen-bond acceptors (Lipinski definition) is 3. The van der Waals surface area contributed by atoms with Gasteiger partial charge < -0.3 is 10.1 Å². The first kappa shape index (κ1) is 12.3. The number of nitrogens with one attached hydrogen (secondary N) is 1. The molecule has 0 radical (unpaired) electrons. The van der Waals surface area contributed by atoms with Gasteiger partial charge in [-0.15, -0.1) is 0 Å². The molecule has 0 aromatic heterocycles. The molecule has 0 saturated carbocycles. The van der Waals surface area contributed by atoms with E-state index in [4.69, 9.17) is 4.74 Å². The molecule has 0 fully saturated rings. The Morgan fingerprint density at radius 1 is 1.50 bits per heavy atom. The first-order chi connectivity index (χ1) is 5.81. The van der Waals surface area contributed by atoms with Gasteiger partial charge in [-0.1, -0.05) is 0 Å². The van der Waals surface area contributed by atoms with Gasteiger partial charge in [0.05, 0.1) is 6.10 Å². The lowest BCUT2D eigenvalue weighted by molar-refractivity contribution is 0.0763. The molecule has 0 aromatic carbocycles. The first-order valence-corrected chi connectivity index (χ1v) is 6.01. The fourth-order valence-corrected chi connectivity index (χ4v) is 1.42. The van der Waals surface area contributed by atoms with Crippen LogP contribution < -0.4 is 5.32 Å². The molecule has 1 N–H and O–H groups in total. The van der Waals surface area contributed by atoms with Gasteiger partial charge in [0.2, 0.25) is 0 Å². The van der Waals surface area contributed by atoms with Crippen molar-refractivity contribution in [3.8, 4) is 0 Å². The van der Waals surface area contributed by atoms with E-state index in [1.54, 1.807) is 0 Å². The fourth-order valence-electron chi connectivity index (χ4n) is 0.990. The molecule has 0 amide bonds. The minimum absolute atomic E-state index is 0.351. The summed E-state index contributed by atoms with van der Waals surface area (Å²) < 4.78 is 5.38. The number of hydrogen-bond donors (Lipinski definition) is 1. The zero-order valence-electron chi connectivity index (χ0n) is 8.43. The van der Waals surface area contributed by atoms with Gasteiger partial charge in [-0.25, -0.2) is 0 Å².